The SMILES string of the molecule is COc1ccc(/C=C2\Oc3c(cc4c(c3C)OC3OCCCC3C4)C2=O)cc1OC. The second kappa shape index (κ2) is 7.36. The summed E-state index contributed by atoms with van der Waals surface area (Å²) in [5.41, 5.74) is 3.29. The van der Waals surface area contributed by atoms with Crippen LogP contribution in [-0.4, -0.2) is 32.9 Å². The molecule has 156 valence electrons. The van der Waals surface area contributed by atoms with E-state index >= 15 is 0 Å². The second-order valence-electron chi connectivity index (χ2n) is 7.88. The molecular weight excluding hydrogens is 384 g/mol. The van der Waals surface area contributed by atoms with Gasteiger partial charge in [0, 0.05) is 11.5 Å². The standard InChI is InChI=1S/C24H24O6/c1-13-22-16(11-15-5-4-8-28-24(15)30-22)12-17-21(25)20(29-23(13)17)10-14-6-7-18(26-2)19(9-14)27-3/h6-7,9-10,12,15,24H,4-5,8,11H2,1-3H3/b20-10-. The Labute approximate surface area is 175 Å². The Bertz CT molecular complexity index is 1050. The molecule has 0 amide bonds. The summed E-state index contributed by atoms with van der Waals surface area (Å²) in [6.07, 6.45) is 4.50. The minimum absolute atomic E-state index is 0.118. The molecule has 0 spiro atoms. The smallest absolute Gasteiger partial charge is 0.231 e. The number of benzene rings is 2. The first kappa shape index (κ1) is 19.0. The molecule has 0 N–H and O–H groups in total. The minimum Gasteiger partial charge on any atom is -0.493 e. The molecule has 2 aromatic carbocycles. The second-order valence-corrected chi connectivity index (χ2v) is 7.88. The van der Waals surface area contributed by atoms with E-state index in [1.54, 1.807) is 26.4 Å². The van der Waals surface area contributed by atoms with E-state index < -0.39 is 0 Å². The van der Waals surface area contributed by atoms with Gasteiger partial charge in [0.15, 0.2) is 17.3 Å². The molecule has 5 rings (SSSR count). The average molecular weight is 408 g/mol. The molecule has 0 saturated carbocycles. The van der Waals surface area contributed by atoms with Crippen LogP contribution in [0, 0.1) is 12.8 Å². The number of allylic oxidation sites excluding steroid dienone is 1. The molecule has 3 heterocycles. The number of methoxy groups -OCH3 is 2. The van der Waals surface area contributed by atoms with Crippen LogP contribution in [0.3, 0.4) is 0 Å². The molecule has 3 aliphatic heterocycles. The van der Waals surface area contributed by atoms with Gasteiger partial charge in [-0.05, 0) is 61.6 Å². The van der Waals surface area contributed by atoms with Gasteiger partial charge in [-0.15, -0.1) is 0 Å². The first-order valence-corrected chi connectivity index (χ1v) is 10.2. The van der Waals surface area contributed by atoms with E-state index in [9.17, 15) is 4.79 Å². The Morgan fingerprint density at radius 1 is 1.10 bits per heavy atom. The topological polar surface area (TPSA) is 63.2 Å². The molecule has 6 heteroatoms. The van der Waals surface area contributed by atoms with Gasteiger partial charge in [0.1, 0.15) is 11.5 Å². The largest absolute Gasteiger partial charge is 0.493 e. The molecule has 0 radical (unpaired) electrons. The predicted octanol–water partition coefficient (Wildman–Crippen LogP) is 4.32. The Balaban J connectivity index is 1.49. The summed E-state index contributed by atoms with van der Waals surface area (Å²) >= 11 is 0. The number of ketones is 1. The Hall–Kier alpha value is -2.99. The molecule has 1 saturated heterocycles. The predicted molar refractivity (Wildman–Crippen MR) is 110 cm³/mol. The number of rotatable bonds is 3. The van der Waals surface area contributed by atoms with Crippen LogP contribution in [0.5, 0.6) is 23.0 Å². The van der Waals surface area contributed by atoms with Crippen molar-refractivity contribution >= 4 is 11.9 Å². The Kier molecular flexibility index (Phi) is 4.66. The maximum absolute atomic E-state index is 13.1. The molecule has 0 aromatic heterocycles. The molecule has 2 aromatic rings. The van der Waals surface area contributed by atoms with Crippen molar-refractivity contribution in [3.63, 3.8) is 0 Å². The van der Waals surface area contributed by atoms with Gasteiger partial charge in [-0.1, -0.05) is 6.07 Å². The minimum atomic E-state index is -0.207. The third-order valence-corrected chi connectivity index (χ3v) is 6.02. The lowest BCUT2D eigenvalue weighted by Crippen LogP contribution is -2.39. The summed E-state index contributed by atoms with van der Waals surface area (Å²) in [4.78, 5) is 13.1. The maximum Gasteiger partial charge on any atom is 0.231 e. The lowest BCUT2D eigenvalue weighted by Gasteiger charge is -2.37. The summed E-state index contributed by atoms with van der Waals surface area (Å²) < 4.78 is 28.6. The highest BCUT2D eigenvalue weighted by Crippen LogP contribution is 2.46. The zero-order valence-corrected chi connectivity index (χ0v) is 17.3. The van der Waals surface area contributed by atoms with E-state index in [-0.39, 0.29) is 17.8 Å². The van der Waals surface area contributed by atoms with Crippen molar-refractivity contribution in [1.29, 1.82) is 0 Å². The van der Waals surface area contributed by atoms with Crippen LogP contribution in [0.15, 0.2) is 30.0 Å². The van der Waals surface area contributed by atoms with E-state index in [1.807, 2.05) is 25.1 Å². The van der Waals surface area contributed by atoms with E-state index in [0.717, 1.165) is 48.3 Å². The van der Waals surface area contributed by atoms with Gasteiger partial charge in [-0.2, -0.15) is 0 Å². The van der Waals surface area contributed by atoms with Crippen molar-refractivity contribution < 1.29 is 28.5 Å². The molecule has 6 nitrogen and oxygen atoms in total. The van der Waals surface area contributed by atoms with Gasteiger partial charge < -0.3 is 23.7 Å². The fourth-order valence-electron chi connectivity index (χ4n) is 4.49. The average Bonchev–Trinajstić information content (AvgIpc) is 3.08. The van der Waals surface area contributed by atoms with E-state index in [0.29, 0.717) is 28.7 Å². The van der Waals surface area contributed by atoms with Gasteiger partial charge in [0.05, 0.1) is 26.4 Å². The lowest BCUT2D eigenvalue weighted by molar-refractivity contribution is -0.149. The van der Waals surface area contributed by atoms with Crippen molar-refractivity contribution in [1.82, 2.24) is 0 Å². The van der Waals surface area contributed by atoms with Crippen molar-refractivity contribution in [2.24, 2.45) is 5.92 Å². The van der Waals surface area contributed by atoms with Gasteiger partial charge in [-0.3, -0.25) is 4.79 Å². The van der Waals surface area contributed by atoms with Gasteiger partial charge in [-0.25, -0.2) is 0 Å². The summed E-state index contributed by atoms with van der Waals surface area (Å²) in [6.45, 7) is 2.67. The van der Waals surface area contributed by atoms with E-state index in [4.69, 9.17) is 23.7 Å². The third-order valence-electron chi connectivity index (χ3n) is 6.02. The zero-order valence-electron chi connectivity index (χ0n) is 17.3. The zero-order chi connectivity index (χ0) is 20.8. The molecule has 0 aliphatic carbocycles. The fourth-order valence-corrected chi connectivity index (χ4v) is 4.49. The van der Waals surface area contributed by atoms with Crippen LogP contribution >= 0.6 is 0 Å². The van der Waals surface area contributed by atoms with Crippen molar-refractivity contribution in [3.8, 4) is 23.0 Å². The van der Waals surface area contributed by atoms with E-state index in [1.165, 1.54) is 0 Å². The Morgan fingerprint density at radius 3 is 2.73 bits per heavy atom. The highest BCUT2D eigenvalue weighted by molar-refractivity contribution is 6.15. The van der Waals surface area contributed by atoms with E-state index in [2.05, 4.69) is 0 Å². The first-order chi connectivity index (χ1) is 14.6. The monoisotopic (exact) mass is 408 g/mol. The number of Topliss-reactive ketones (excluding diaryl/α,β-unsaturated/α-hetero) is 1. The summed E-state index contributed by atoms with van der Waals surface area (Å²) in [5, 5.41) is 0. The van der Waals surface area contributed by atoms with Gasteiger partial charge in [0.2, 0.25) is 12.1 Å². The number of hydrogen-bond acceptors (Lipinski definition) is 6. The van der Waals surface area contributed by atoms with Gasteiger partial charge >= 0.3 is 0 Å². The molecule has 0 bridgehead atoms. The van der Waals surface area contributed by atoms with Crippen LogP contribution in [0.4, 0.5) is 0 Å². The summed E-state index contributed by atoms with van der Waals surface area (Å²) in [6, 6.07) is 7.41. The normalized spacial score (nSPS) is 23.2. The third kappa shape index (κ3) is 3.03. The van der Waals surface area contributed by atoms with Crippen LogP contribution in [0.2, 0.25) is 0 Å². The van der Waals surface area contributed by atoms with Gasteiger partial charge in [0.25, 0.3) is 0 Å². The number of carbonyl (C=O) groups is 1. The molecule has 1 fully saturated rings. The number of ether oxygens (including phenoxy) is 5. The molecule has 30 heavy (non-hydrogen) atoms. The maximum atomic E-state index is 13.1. The highest BCUT2D eigenvalue weighted by Gasteiger charge is 2.38. The van der Waals surface area contributed by atoms with Crippen LogP contribution in [0.1, 0.15) is 39.9 Å². The number of fused-ring (bicyclic) bond motifs is 3. The van der Waals surface area contributed by atoms with Crippen molar-refractivity contribution in [2.75, 3.05) is 20.8 Å². The highest BCUT2D eigenvalue weighted by atomic mass is 16.7. The van der Waals surface area contributed by atoms with Crippen LogP contribution < -0.4 is 18.9 Å². The fraction of sp³-hybridized carbons (Fsp3) is 0.375. The molecule has 3 aliphatic rings. The summed E-state index contributed by atoms with van der Waals surface area (Å²) in [7, 11) is 3.17. The van der Waals surface area contributed by atoms with Crippen molar-refractivity contribution in [2.45, 2.75) is 32.5 Å². The quantitative estimate of drug-likeness (QED) is 0.705. The molecule has 2 atom stereocenters. The molecule has 2 unspecified atom stereocenters. The van der Waals surface area contributed by atoms with Crippen LogP contribution in [-0.2, 0) is 11.2 Å². The number of carbonyl (C=O) groups excluding carboxylic acids is 1. The Morgan fingerprint density at radius 2 is 1.93 bits per heavy atom. The first-order valence-electron chi connectivity index (χ1n) is 10.2. The van der Waals surface area contributed by atoms with Crippen molar-refractivity contribution in [3.05, 3.63) is 52.3 Å². The lowest BCUT2D eigenvalue weighted by atomic mass is 9.87. The van der Waals surface area contributed by atoms with Crippen LogP contribution in [0.25, 0.3) is 6.08 Å². The summed E-state index contributed by atoms with van der Waals surface area (Å²) in [5.74, 6) is 3.09. The number of hydrogen-bond donors (Lipinski definition) is 0. The molecular formula is C24H24O6.